The van der Waals surface area contributed by atoms with Crippen LogP contribution < -0.4 is 10.6 Å². The maximum absolute atomic E-state index is 12.5. The lowest BCUT2D eigenvalue weighted by molar-refractivity contribution is 0.0506. The number of hydrogen-bond donors (Lipinski definition) is 2. The highest BCUT2D eigenvalue weighted by molar-refractivity contribution is 5.87. The molecular weight excluding hydrogens is 338 g/mol. The van der Waals surface area contributed by atoms with E-state index < -0.39 is 12.1 Å². The Morgan fingerprint density at radius 1 is 1.19 bits per heavy atom. The molecule has 9 nitrogen and oxygen atoms in total. The second-order valence-electron chi connectivity index (χ2n) is 6.83. The number of ether oxygens (including phenoxy) is 1. The van der Waals surface area contributed by atoms with Crippen molar-refractivity contribution < 1.29 is 18.5 Å². The van der Waals surface area contributed by atoms with Gasteiger partial charge in [-0.2, -0.15) is 9.97 Å². The second-order valence-corrected chi connectivity index (χ2v) is 6.83. The van der Waals surface area contributed by atoms with Gasteiger partial charge in [0.25, 0.3) is 0 Å². The summed E-state index contributed by atoms with van der Waals surface area (Å²) >= 11 is 0. The fraction of sp³-hybridized carbons (Fsp3) is 0.647. The average Bonchev–Trinajstić information content (AvgIpc) is 3.21. The van der Waals surface area contributed by atoms with Crippen molar-refractivity contribution in [1.82, 2.24) is 20.4 Å². The highest BCUT2D eigenvalue weighted by Crippen LogP contribution is 2.30. The molecule has 2 amide bonds. The van der Waals surface area contributed by atoms with Gasteiger partial charge < -0.3 is 19.0 Å². The highest BCUT2D eigenvalue weighted by atomic mass is 16.5. The third kappa shape index (κ3) is 4.21. The second kappa shape index (κ2) is 7.86. The van der Waals surface area contributed by atoms with E-state index >= 15 is 0 Å². The lowest BCUT2D eigenvalue weighted by Crippen LogP contribution is -2.38. The first kappa shape index (κ1) is 18.4. The molecule has 0 aromatic carbocycles. The molecule has 1 aliphatic heterocycles. The molecule has 3 rings (SSSR count). The molecule has 2 aromatic heterocycles. The number of urea groups is 1. The Labute approximate surface area is 151 Å². The Hall–Kier alpha value is -2.42. The summed E-state index contributed by atoms with van der Waals surface area (Å²) in [5.74, 6) is 2.01. The predicted octanol–water partition coefficient (Wildman–Crippen LogP) is 3.09. The first-order valence-corrected chi connectivity index (χ1v) is 8.87. The van der Waals surface area contributed by atoms with E-state index in [1.165, 1.54) is 0 Å². The smallest absolute Gasteiger partial charge is 0.323 e. The standard InChI is InChI=1S/C17H25N5O4/c1-9(2)14-20-15(26-22-14)13(12-5-7-24-8-6-12)19-16(23)21-17-18-10(3)11(4)25-17/h9,12-13H,5-8H2,1-4H3,(H2,18,19,21,23)/t13-/m0/s1. The summed E-state index contributed by atoms with van der Waals surface area (Å²) in [6.45, 7) is 8.89. The van der Waals surface area contributed by atoms with Crippen LogP contribution in [0.25, 0.3) is 0 Å². The van der Waals surface area contributed by atoms with E-state index in [1.807, 2.05) is 20.8 Å². The average molecular weight is 363 g/mol. The molecule has 3 heterocycles. The molecule has 0 bridgehead atoms. The van der Waals surface area contributed by atoms with Crippen LogP contribution >= 0.6 is 0 Å². The third-order valence-corrected chi connectivity index (χ3v) is 4.51. The van der Waals surface area contributed by atoms with Crippen LogP contribution in [0.1, 0.15) is 61.8 Å². The van der Waals surface area contributed by atoms with Crippen molar-refractivity contribution >= 4 is 12.0 Å². The van der Waals surface area contributed by atoms with E-state index in [-0.39, 0.29) is 17.9 Å². The minimum atomic E-state index is -0.424. The monoisotopic (exact) mass is 363 g/mol. The molecule has 142 valence electrons. The molecule has 1 atom stereocenters. The van der Waals surface area contributed by atoms with Crippen molar-refractivity contribution in [3.8, 4) is 0 Å². The first-order chi connectivity index (χ1) is 12.4. The minimum absolute atomic E-state index is 0.148. The van der Waals surface area contributed by atoms with E-state index in [0.29, 0.717) is 30.7 Å². The van der Waals surface area contributed by atoms with Gasteiger partial charge in [-0.15, -0.1) is 0 Å². The Balaban J connectivity index is 1.74. The highest BCUT2D eigenvalue weighted by Gasteiger charge is 2.32. The lowest BCUT2D eigenvalue weighted by Gasteiger charge is -2.28. The number of rotatable bonds is 5. The van der Waals surface area contributed by atoms with Gasteiger partial charge in [0.15, 0.2) is 5.82 Å². The number of nitrogens with one attached hydrogen (secondary N) is 2. The van der Waals surface area contributed by atoms with Gasteiger partial charge in [-0.05, 0) is 32.6 Å². The summed E-state index contributed by atoms with van der Waals surface area (Å²) in [5.41, 5.74) is 0.736. The van der Waals surface area contributed by atoms with Gasteiger partial charge >= 0.3 is 12.0 Å². The van der Waals surface area contributed by atoms with Crippen molar-refractivity contribution in [1.29, 1.82) is 0 Å². The summed E-state index contributed by atoms with van der Waals surface area (Å²) in [6, 6.07) is -0.653. The molecule has 1 aliphatic rings. The number of anilines is 1. The molecule has 2 aromatic rings. The van der Waals surface area contributed by atoms with Crippen molar-refractivity contribution in [2.24, 2.45) is 5.92 Å². The van der Waals surface area contributed by atoms with E-state index in [9.17, 15) is 4.79 Å². The summed E-state index contributed by atoms with van der Waals surface area (Å²) in [5, 5.41) is 9.57. The Morgan fingerprint density at radius 2 is 1.92 bits per heavy atom. The minimum Gasteiger partial charge on any atom is -0.428 e. The van der Waals surface area contributed by atoms with E-state index in [4.69, 9.17) is 13.7 Å². The van der Waals surface area contributed by atoms with Crippen LogP contribution in [0.2, 0.25) is 0 Å². The maximum atomic E-state index is 12.5. The number of aryl methyl sites for hydroxylation is 2. The summed E-state index contributed by atoms with van der Waals surface area (Å²) < 4.78 is 16.3. The van der Waals surface area contributed by atoms with E-state index in [0.717, 1.165) is 18.5 Å². The van der Waals surface area contributed by atoms with Gasteiger partial charge in [-0.3, -0.25) is 5.32 Å². The van der Waals surface area contributed by atoms with Crippen molar-refractivity contribution in [2.45, 2.75) is 52.5 Å². The molecule has 0 unspecified atom stereocenters. The quantitative estimate of drug-likeness (QED) is 0.838. The molecule has 9 heteroatoms. The molecule has 1 fully saturated rings. The van der Waals surface area contributed by atoms with Crippen LogP contribution in [0, 0.1) is 19.8 Å². The molecule has 1 saturated heterocycles. The van der Waals surface area contributed by atoms with Crippen LogP contribution in [0.4, 0.5) is 10.8 Å². The number of aromatic nitrogens is 3. The van der Waals surface area contributed by atoms with Crippen LogP contribution in [-0.2, 0) is 4.74 Å². The van der Waals surface area contributed by atoms with Crippen LogP contribution in [0.5, 0.6) is 0 Å². The fourth-order valence-electron chi connectivity index (χ4n) is 2.84. The zero-order chi connectivity index (χ0) is 18.7. The normalized spacial score (nSPS) is 16.7. The zero-order valence-corrected chi connectivity index (χ0v) is 15.5. The number of nitrogens with zero attached hydrogens (tertiary/aromatic N) is 3. The Morgan fingerprint density at radius 3 is 2.50 bits per heavy atom. The third-order valence-electron chi connectivity index (χ3n) is 4.51. The molecule has 0 spiro atoms. The van der Waals surface area contributed by atoms with E-state index in [1.54, 1.807) is 6.92 Å². The summed E-state index contributed by atoms with van der Waals surface area (Å²) in [7, 11) is 0. The van der Waals surface area contributed by atoms with Crippen LogP contribution in [0.3, 0.4) is 0 Å². The summed E-state index contributed by atoms with van der Waals surface area (Å²) in [6.07, 6.45) is 1.61. The van der Waals surface area contributed by atoms with Crippen molar-refractivity contribution in [3.05, 3.63) is 23.2 Å². The molecule has 26 heavy (non-hydrogen) atoms. The van der Waals surface area contributed by atoms with Gasteiger partial charge in [0.2, 0.25) is 5.89 Å². The molecule has 0 radical (unpaired) electrons. The van der Waals surface area contributed by atoms with Crippen LogP contribution in [-0.4, -0.2) is 34.4 Å². The van der Waals surface area contributed by atoms with Gasteiger partial charge in [-0.1, -0.05) is 19.0 Å². The number of carbonyl (C=O) groups excluding carboxylic acids is 1. The Bertz CT molecular complexity index is 729. The number of amides is 2. The number of carbonyl (C=O) groups is 1. The van der Waals surface area contributed by atoms with Gasteiger partial charge in [0.05, 0.1) is 5.69 Å². The number of oxazole rings is 1. The SMILES string of the molecule is Cc1nc(NC(=O)N[C@H](c2nc(C(C)C)no2)C2CCOCC2)oc1C. The molecule has 2 N–H and O–H groups in total. The van der Waals surface area contributed by atoms with Gasteiger partial charge in [0, 0.05) is 19.1 Å². The zero-order valence-electron chi connectivity index (χ0n) is 15.5. The fourth-order valence-corrected chi connectivity index (χ4v) is 2.84. The Kier molecular flexibility index (Phi) is 5.55. The first-order valence-electron chi connectivity index (χ1n) is 8.87. The predicted molar refractivity (Wildman–Crippen MR) is 92.8 cm³/mol. The van der Waals surface area contributed by atoms with Gasteiger partial charge in [-0.25, -0.2) is 4.79 Å². The summed E-state index contributed by atoms with van der Waals surface area (Å²) in [4.78, 5) is 21.1. The maximum Gasteiger partial charge on any atom is 0.323 e. The van der Waals surface area contributed by atoms with Gasteiger partial charge in [0.1, 0.15) is 11.8 Å². The largest absolute Gasteiger partial charge is 0.428 e. The van der Waals surface area contributed by atoms with Crippen LogP contribution in [0.15, 0.2) is 8.94 Å². The van der Waals surface area contributed by atoms with E-state index in [2.05, 4.69) is 25.8 Å². The van der Waals surface area contributed by atoms with Crippen molar-refractivity contribution in [3.63, 3.8) is 0 Å². The topological polar surface area (TPSA) is 115 Å². The van der Waals surface area contributed by atoms with Crippen molar-refractivity contribution in [2.75, 3.05) is 18.5 Å². The molecular formula is C17H25N5O4. The molecule has 0 saturated carbocycles. The molecule has 0 aliphatic carbocycles. The lowest BCUT2D eigenvalue weighted by atomic mass is 9.91. The number of hydrogen-bond acceptors (Lipinski definition) is 7.